The van der Waals surface area contributed by atoms with Crippen molar-refractivity contribution in [1.82, 2.24) is 0 Å². The molecule has 0 heterocycles. The summed E-state index contributed by atoms with van der Waals surface area (Å²) >= 11 is 0. The topological polar surface area (TPSA) is 61.8 Å². The Morgan fingerprint density at radius 2 is 0.690 bits per heavy atom. The summed E-state index contributed by atoms with van der Waals surface area (Å²) in [7, 11) is 0. The van der Waals surface area contributed by atoms with E-state index in [-0.39, 0.29) is 18.5 Å². The van der Waals surface area contributed by atoms with Gasteiger partial charge in [-0.05, 0) is 38.5 Å². The number of hydrogen-bond acceptors (Lipinski definition) is 5. The van der Waals surface area contributed by atoms with Gasteiger partial charge in [0.25, 0.3) is 0 Å². The van der Waals surface area contributed by atoms with Crippen molar-refractivity contribution < 1.29 is 23.8 Å². The Morgan fingerprint density at radius 3 is 1.10 bits per heavy atom. The summed E-state index contributed by atoms with van der Waals surface area (Å²) in [5.74, 6) is -0.387. The summed E-state index contributed by atoms with van der Waals surface area (Å²) < 4.78 is 17.4. The SMILES string of the molecule is CCCC/C=C\CCCCCCCC(=O)OC(COCCCCCCCCCCCCCCCCCC)COC(=O)CCCCCCCCCCCCCCCCC. The molecule has 0 amide bonds. The molecule has 0 fully saturated rings. The zero-order valence-corrected chi connectivity index (χ0v) is 39.6. The van der Waals surface area contributed by atoms with Gasteiger partial charge < -0.3 is 14.2 Å². The van der Waals surface area contributed by atoms with Crippen molar-refractivity contribution in [3.63, 3.8) is 0 Å². The van der Waals surface area contributed by atoms with Crippen LogP contribution >= 0.6 is 0 Å². The van der Waals surface area contributed by atoms with Crippen molar-refractivity contribution in [3.05, 3.63) is 12.2 Å². The van der Waals surface area contributed by atoms with Crippen molar-refractivity contribution in [2.24, 2.45) is 0 Å². The maximum atomic E-state index is 12.8. The smallest absolute Gasteiger partial charge is 0.306 e. The van der Waals surface area contributed by atoms with Crippen molar-refractivity contribution >= 4 is 11.9 Å². The van der Waals surface area contributed by atoms with Crippen LogP contribution < -0.4 is 0 Å². The molecule has 0 spiro atoms. The second kappa shape index (κ2) is 50.0. The minimum absolute atomic E-state index is 0.0913. The summed E-state index contributed by atoms with van der Waals surface area (Å²) in [5, 5.41) is 0. The van der Waals surface area contributed by atoms with Gasteiger partial charge in [0, 0.05) is 19.4 Å². The van der Waals surface area contributed by atoms with Gasteiger partial charge in [0.05, 0.1) is 6.61 Å². The first kappa shape index (κ1) is 56.6. The third-order valence-electron chi connectivity index (χ3n) is 11.8. The van der Waals surface area contributed by atoms with E-state index in [0.717, 1.165) is 44.9 Å². The largest absolute Gasteiger partial charge is 0.462 e. The van der Waals surface area contributed by atoms with E-state index < -0.39 is 6.10 Å². The molecule has 0 aliphatic heterocycles. The predicted molar refractivity (Wildman–Crippen MR) is 252 cm³/mol. The summed E-state index contributed by atoms with van der Waals surface area (Å²) in [6.07, 6.45) is 56.5. The third-order valence-corrected chi connectivity index (χ3v) is 11.8. The van der Waals surface area contributed by atoms with E-state index in [1.165, 1.54) is 212 Å². The van der Waals surface area contributed by atoms with Gasteiger partial charge in [0.15, 0.2) is 6.10 Å². The molecule has 58 heavy (non-hydrogen) atoms. The van der Waals surface area contributed by atoms with E-state index >= 15 is 0 Å². The lowest BCUT2D eigenvalue weighted by Gasteiger charge is -2.18. The van der Waals surface area contributed by atoms with Gasteiger partial charge in [-0.1, -0.05) is 251 Å². The number of esters is 2. The van der Waals surface area contributed by atoms with Gasteiger partial charge >= 0.3 is 11.9 Å². The van der Waals surface area contributed by atoms with Gasteiger partial charge in [-0.25, -0.2) is 0 Å². The molecule has 0 aliphatic rings. The lowest BCUT2D eigenvalue weighted by atomic mass is 10.0. The molecule has 5 heteroatoms. The fourth-order valence-electron chi connectivity index (χ4n) is 7.85. The summed E-state index contributed by atoms with van der Waals surface area (Å²) in [6, 6.07) is 0. The molecule has 0 aromatic rings. The normalized spacial score (nSPS) is 12.1. The lowest BCUT2D eigenvalue weighted by molar-refractivity contribution is -0.163. The molecule has 0 rings (SSSR count). The highest BCUT2D eigenvalue weighted by atomic mass is 16.6. The first-order valence-corrected chi connectivity index (χ1v) is 26.2. The first-order chi connectivity index (χ1) is 28.6. The van der Waals surface area contributed by atoms with E-state index in [9.17, 15) is 9.59 Å². The second-order valence-corrected chi connectivity index (χ2v) is 17.8. The van der Waals surface area contributed by atoms with E-state index in [4.69, 9.17) is 14.2 Å². The van der Waals surface area contributed by atoms with Crippen LogP contribution in [0.3, 0.4) is 0 Å². The quantitative estimate of drug-likeness (QED) is 0.0348. The summed E-state index contributed by atoms with van der Waals surface area (Å²) in [5.41, 5.74) is 0. The molecule has 1 unspecified atom stereocenters. The number of allylic oxidation sites excluding steroid dienone is 2. The molecular formula is C53H102O5. The molecule has 0 saturated carbocycles. The van der Waals surface area contributed by atoms with Crippen LogP contribution in [-0.4, -0.2) is 37.9 Å². The van der Waals surface area contributed by atoms with Crippen LogP contribution in [0.25, 0.3) is 0 Å². The van der Waals surface area contributed by atoms with E-state index in [1.54, 1.807) is 0 Å². The highest BCUT2D eigenvalue weighted by Gasteiger charge is 2.17. The summed E-state index contributed by atoms with van der Waals surface area (Å²) in [6.45, 7) is 7.85. The van der Waals surface area contributed by atoms with Gasteiger partial charge in [0.1, 0.15) is 6.61 Å². The van der Waals surface area contributed by atoms with Gasteiger partial charge in [-0.15, -0.1) is 0 Å². The van der Waals surface area contributed by atoms with Crippen LogP contribution in [0, 0.1) is 0 Å². The molecule has 0 bridgehead atoms. The zero-order chi connectivity index (χ0) is 42.1. The highest BCUT2D eigenvalue weighted by Crippen LogP contribution is 2.16. The molecule has 1 atom stereocenters. The van der Waals surface area contributed by atoms with Crippen LogP contribution in [0.1, 0.15) is 290 Å². The Morgan fingerprint density at radius 1 is 0.362 bits per heavy atom. The molecule has 0 aromatic carbocycles. The number of hydrogen-bond donors (Lipinski definition) is 0. The number of carbonyl (C=O) groups is 2. The van der Waals surface area contributed by atoms with Crippen molar-refractivity contribution in [3.8, 4) is 0 Å². The zero-order valence-electron chi connectivity index (χ0n) is 39.6. The Balaban J connectivity index is 4.17. The molecule has 5 nitrogen and oxygen atoms in total. The average molecular weight is 819 g/mol. The van der Waals surface area contributed by atoms with Crippen molar-refractivity contribution in [2.75, 3.05) is 19.8 Å². The standard InChI is InChI=1S/C53H102O5/c1-4-7-10-13-16-19-22-24-26-28-30-33-36-39-42-45-48-56-49-51(58-53(55)47-44-41-38-35-31-21-18-15-12-9-6-3)50-57-52(54)46-43-40-37-34-32-29-27-25-23-20-17-14-11-8-5-2/h15,18,51H,4-14,16-17,19-50H2,1-3H3/b18-15-. The van der Waals surface area contributed by atoms with Crippen molar-refractivity contribution in [2.45, 2.75) is 297 Å². The monoisotopic (exact) mass is 819 g/mol. The van der Waals surface area contributed by atoms with Crippen LogP contribution in [0.15, 0.2) is 12.2 Å². The third kappa shape index (κ3) is 47.3. The Labute approximate surface area is 363 Å². The van der Waals surface area contributed by atoms with Crippen LogP contribution in [-0.2, 0) is 23.8 Å². The van der Waals surface area contributed by atoms with Crippen LogP contribution in [0.4, 0.5) is 0 Å². The first-order valence-electron chi connectivity index (χ1n) is 26.2. The maximum Gasteiger partial charge on any atom is 0.306 e. The molecule has 0 aliphatic carbocycles. The fourth-order valence-corrected chi connectivity index (χ4v) is 7.85. The number of rotatable bonds is 49. The number of unbranched alkanes of at least 4 members (excludes halogenated alkanes) is 36. The predicted octanol–water partition coefficient (Wildman–Crippen LogP) is 17.5. The Hall–Kier alpha value is -1.36. The van der Waals surface area contributed by atoms with Gasteiger partial charge in [0.2, 0.25) is 0 Å². The molecule has 344 valence electrons. The number of carbonyl (C=O) groups excluding carboxylic acids is 2. The van der Waals surface area contributed by atoms with Gasteiger partial charge in [-0.2, -0.15) is 0 Å². The van der Waals surface area contributed by atoms with Gasteiger partial charge in [-0.3, -0.25) is 9.59 Å². The highest BCUT2D eigenvalue weighted by molar-refractivity contribution is 5.70. The van der Waals surface area contributed by atoms with E-state index in [1.807, 2.05) is 0 Å². The molecule has 0 saturated heterocycles. The maximum absolute atomic E-state index is 12.8. The molecular weight excluding hydrogens is 717 g/mol. The van der Waals surface area contributed by atoms with E-state index in [0.29, 0.717) is 26.1 Å². The van der Waals surface area contributed by atoms with Crippen molar-refractivity contribution in [1.29, 1.82) is 0 Å². The fraction of sp³-hybridized carbons (Fsp3) is 0.925. The van der Waals surface area contributed by atoms with Crippen LogP contribution in [0.5, 0.6) is 0 Å². The van der Waals surface area contributed by atoms with Crippen LogP contribution in [0.2, 0.25) is 0 Å². The van der Waals surface area contributed by atoms with E-state index in [2.05, 4.69) is 32.9 Å². The minimum atomic E-state index is -0.530. The lowest BCUT2D eigenvalue weighted by Crippen LogP contribution is -2.30. The Bertz CT molecular complexity index is 840. The second-order valence-electron chi connectivity index (χ2n) is 17.8. The molecule has 0 aromatic heterocycles. The average Bonchev–Trinajstić information content (AvgIpc) is 3.22. The Kier molecular flexibility index (Phi) is 48.8. The number of ether oxygens (including phenoxy) is 3. The molecule has 0 N–H and O–H groups in total. The minimum Gasteiger partial charge on any atom is -0.462 e. The summed E-state index contributed by atoms with van der Waals surface area (Å²) in [4.78, 5) is 25.3. The molecule has 0 radical (unpaired) electrons.